The van der Waals surface area contributed by atoms with E-state index in [0.29, 0.717) is 30.8 Å². The predicted molar refractivity (Wildman–Crippen MR) is 159 cm³/mol. The topological polar surface area (TPSA) is 138 Å². The van der Waals surface area contributed by atoms with E-state index < -0.39 is 17.6 Å². The Bertz CT molecular complexity index is 1290. The molecule has 0 bridgehead atoms. The molecule has 3 rings (SSSR count). The first-order chi connectivity index (χ1) is 19.5. The van der Waals surface area contributed by atoms with Gasteiger partial charge in [-0.05, 0) is 95.7 Å². The minimum absolute atomic E-state index is 0.189. The Hall–Kier alpha value is -4.51. The van der Waals surface area contributed by atoms with Gasteiger partial charge in [0.2, 0.25) is 0 Å². The smallest absolute Gasteiger partial charge is 0.412 e. The summed E-state index contributed by atoms with van der Waals surface area (Å²) in [5.74, 6) is -0.443. The lowest BCUT2D eigenvalue weighted by molar-refractivity contribution is 0.0635. The van der Waals surface area contributed by atoms with Gasteiger partial charge in [-0.2, -0.15) is 0 Å². The fourth-order valence-corrected chi connectivity index (χ4v) is 3.84. The van der Waals surface area contributed by atoms with Crippen molar-refractivity contribution in [2.24, 2.45) is 0 Å². The monoisotopic (exact) mass is 561 g/mol. The number of hydrogen-bond acceptors (Lipinski definition) is 7. The van der Waals surface area contributed by atoms with E-state index >= 15 is 0 Å². The standard InChI is InChI=1S/C30H39N7O4/c1-30(2,3)41-29(40)36-25-9-7-6-8-24(25)34-27(38)26-11-10-22(20-33-26)23(15-19-37(4)5)35-28(39)32-18-14-21-12-16-31-17-13-21/h6-13,16-17,20,23H,14-15,18-19H2,1-5H3,(H,34,38)(H,36,40)(H2,32,35,39). The Morgan fingerprint density at radius 3 is 2.24 bits per heavy atom. The summed E-state index contributed by atoms with van der Waals surface area (Å²) in [5.41, 5.74) is 2.20. The fraction of sp³-hybridized carbons (Fsp3) is 0.367. The van der Waals surface area contributed by atoms with Crippen LogP contribution in [0.25, 0.3) is 0 Å². The number of benzene rings is 1. The molecule has 0 saturated heterocycles. The van der Waals surface area contributed by atoms with Gasteiger partial charge in [0.05, 0.1) is 17.4 Å². The molecule has 1 unspecified atom stereocenters. The van der Waals surface area contributed by atoms with Gasteiger partial charge in [-0.3, -0.25) is 20.1 Å². The van der Waals surface area contributed by atoms with Gasteiger partial charge < -0.3 is 25.6 Å². The van der Waals surface area contributed by atoms with Crippen LogP contribution in [0, 0.1) is 0 Å². The summed E-state index contributed by atoms with van der Waals surface area (Å²) in [4.78, 5) is 48.3. The second-order valence-electron chi connectivity index (χ2n) is 10.8. The molecule has 0 saturated carbocycles. The Kier molecular flexibility index (Phi) is 11.2. The predicted octanol–water partition coefficient (Wildman–Crippen LogP) is 4.61. The van der Waals surface area contributed by atoms with E-state index in [1.807, 2.05) is 31.1 Å². The number of anilines is 2. The van der Waals surface area contributed by atoms with Crippen LogP contribution in [0.2, 0.25) is 0 Å². The van der Waals surface area contributed by atoms with Gasteiger partial charge in [-0.1, -0.05) is 18.2 Å². The number of carbonyl (C=O) groups excluding carboxylic acids is 3. The van der Waals surface area contributed by atoms with Crippen molar-refractivity contribution in [2.75, 3.05) is 37.8 Å². The summed E-state index contributed by atoms with van der Waals surface area (Å²) in [6.45, 7) is 6.54. The first-order valence-electron chi connectivity index (χ1n) is 13.4. The highest BCUT2D eigenvalue weighted by atomic mass is 16.6. The number of pyridine rings is 2. The molecule has 2 heterocycles. The van der Waals surface area contributed by atoms with Crippen LogP contribution in [0.3, 0.4) is 0 Å². The molecule has 3 aromatic rings. The van der Waals surface area contributed by atoms with E-state index in [1.54, 1.807) is 75.8 Å². The average molecular weight is 562 g/mol. The Morgan fingerprint density at radius 2 is 1.63 bits per heavy atom. The molecule has 1 atom stereocenters. The average Bonchev–Trinajstić information content (AvgIpc) is 2.91. The number of amides is 4. The highest BCUT2D eigenvalue weighted by Gasteiger charge is 2.19. The molecule has 2 aromatic heterocycles. The van der Waals surface area contributed by atoms with E-state index in [0.717, 1.165) is 17.7 Å². The molecular formula is C30H39N7O4. The van der Waals surface area contributed by atoms with Gasteiger partial charge >= 0.3 is 12.1 Å². The quantitative estimate of drug-likeness (QED) is 0.268. The van der Waals surface area contributed by atoms with Crippen molar-refractivity contribution in [3.8, 4) is 0 Å². The highest BCUT2D eigenvalue weighted by molar-refractivity contribution is 6.05. The molecule has 41 heavy (non-hydrogen) atoms. The minimum Gasteiger partial charge on any atom is -0.444 e. The van der Waals surface area contributed by atoms with Crippen molar-refractivity contribution in [2.45, 2.75) is 45.3 Å². The SMILES string of the molecule is CN(C)CCC(NC(=O)NCCc1ccncc1)c1ccc(C(=O)Nc2ccccc2NC(=O)OC(C)(C)C)nc1. The van der Waals surface area contributed by atoms with E-state index in [1.165, 1.54) is 0 Å². The fourth-order valence-electron chi connectivity index (χ4n) is 3.84. The van der Waals surface area contributed by atoms with Crippen LogP contribution in [0.5, 0.6) is 0 Å². The van der Waals surface area contributed by atoms with Crippen LogP contribution < -0.4 is 21.3 Å². The van der Waals surface area contributed by atoms with Crippen LogP contribution in [0.1, 0.15) is 54.8 Å². The number of urea groups is 1. The van der Waals surface area contributed by atoms with E-state index in [2.05, 4.69) is 31.2 Å². The van der Waals surface area contributed by atoms with Gasteiger partial charge in [0.25, 0.3) is 5.91 Å². The Labute approximate surface area is 241 Å². The minimum atomic E-state index is -0.659. The lowest BCUT2D eigenvalue weighted by Gasteiger charge is -2.21. The van der Waals surface area contributed by atoms with Gasteiger partial charge in [0.1, 0.15) is 11.3 Å². The zero-order valence-electron chi connectivity index (χ0n) is 24.2. The zero-order valence-corrected chi connectivity index (χ0v) is 24.2. The number of nitrogens with one attached hydrogen (secondary N) is 4. The molecule has 4 N–H and O–H groups in total. The Balaban J connectivity index is 1.63. The van der Waals surface area contributed by atoms with Crippen LogP contribution >= 0.6 is 0 Å². The normalized spacial score (nSPS) is 11.9. The number of nitrogens with zero attached hydrogens (tertiary/aromatic N) is 3. The number of carbonyl (C=O) groups is 3. The summed E-state index contributed by atoms with van der Waals surface area (Å²) in [5, 5.41) is 11.4. The highest BCUT2D eigenvalue weighted by Crippen LogP contribution is 2.23. The number of ether oxygens (including phenoxy) is 1. The largest absolute Gasteiger partial charge is 0.444 e. The first kappa shape index (κ1) is 31.0. The molecule has 0 aliphatic heterocycles. The maximum atomic E-state index is 13.0. The second kappa shape index (κ2) is 14.8. The third kappa shape index (κ3) is 10.9. The first-order valence-corrected chi connectivity index (χ1v) is 13.4. The third-order valence-electron chi connectivity index (χ3n) is 5.85. The van der Waals surface area contributed by atoms with E-state index in [4.69, 9.17) is 4.74 Å². The van der Waals surface area contributed by atoms with Crippen molar-refractivity contribution >= 4 is 29.4 Å². The molecule has 0 aliphatic carbocycles. The number of aromatic nitrogens is 2. The second-order valence-corrected chi connectivity index (χ2v) is 10.8. The van der Waals surface area contributed by atoms with E-state index in [-0.39, 0.29) is 17.8 Å². The number of rotatable bonds is 11. The van der Waals surface area contributed by atoms with E-state index in [9.17, 15) is 14.4 Å². The summed E-state index contributed by atoms with van der Waals surface area (Å²) in [6, 6.07) is 13.5. The summed E-state index contributed by atoms with van der Waals surface area (Å²) in [7, 11) is 3.93. The zero-order chi connectivity index (χ0) is 29.8. The van der Waals surface area contributed by atoms with Crippen molar-refractivity contribution < 1.29 is 19.1 Å². The van der Waals surface area contributed by atoms with Crippen molar-refractivity contribution in [1.82, 2.24) is 25.5 Å². The van der Waals surface area contributed by atoms with Crippen LogP contribution in [-0.4, -0.2) is 65.7 Å². The van der Waals surface area contributed by atoms with Crippen LogP contribution in [0.4, 0.5) is 21.0 Å². The van der Waals surface area contributed by atoms with Crippen LogP contribution in [0.15, 0.2) is 67.1 Å². The molecule has 0 radical (unpaired) electrons. The van der Waals surface area contributed by atoms with Gasteiger partial charge in [-0.25, -0.2) is 9.59 Å². The van der Waals surface area contributed by atoms with Crippen LogP contribution in [-0.2, 0) is 11.2 Å². The number of hydrogen-bond donors (Lipinski definition) is 4. The summed E-state index contributed by atoms with van der Waals surface area (Å²) in [6.07, 6.45) is 5.77. The van der Waals surface area contributed by atoms with Crippen molar-refractivity contribution in [3.63, 3.8) is 0 Å². The number of para-hydroxylation sites is 2. The third-order valence-corrected chi connectivity index (χ3v) is 5.85. The molecule has 11 nitrogen and oxygen atoms in total. The van der Waals surface area contributed by atoms with Gasteiger partial charge in [-0.15, -0.1) is 0 Å². The Morgan fingerprint density at radius 1 is 0.951 bits per heavy atom. The van der Waals surface area contributed by atoms with Gasteiger partial charge in [0.15, 0.2) is 0 Å². The lowest BCUT2D eigenvalue weighted by atomic mass is 10.1. The summed E-state index contributed by atoms with van der Waals surface area (Å²) < 4.78 is 5.31. The maximum Gasteiger partial charge on any atom is 0.412 e. The molecule has 4 amide bonds. The van der Waals surface area contributed by atoms with Gasteiger partial charge in [0, 0.05) is 25.1 Å². The lowest BCUT2D eigenvalue weighted by Crippen LogP contribution is -2.39. The van der Waals surface area contributed by atoms with Crippen molar-refractivity contribution in [1.29, 1.82) is 0 Å². The maximum absolute atomic E-state index is 13.0. The van der Waals surface area contributed by atoms with Crippen molar-refractivity contribution in [3.05, 3.63) is 83.9 Å². The molecule has 0 spiro atoms. The molecule has 0 aliphatic rings. The molecule has 11 heteroatoms. The molecule has 1 aromatic carbocycles. The summed E-state index contributed by atoms with van der Waals surface area (Å²) >= 11 is 0. The molecular weight excluding hydrogens is 522 g/mol. The molecule has 218 valence electrons. The molecule has 0 fully saturated rings.